The number of carbonyl (C=O) groups excluding carboxylic acids is 1. The van der Waals surface area contributed by atoms with Crippen molar-refractivity contribution >= 4 is 29.2 Å². The number of carbonyl (C=O) groups is 1. The lowest BCUT2D eigenvalue weighted by Crippen LogP contribution is -2.21. The Hall–Kier alpha value is -4.64. The fourth-order valence-corrected chi connectivity index (χ4v) is 4.97. The van der Waals surface area contributed by atoms with Crippen molar-refractivity contribution in [1.82, 2.24) is 0 Å². The Morgan fingerprint density at radius 3 is 2.49 bits per heavy atom. The van der Waals surface area contributed by atoms with Gasteiger partial charge in [-0.05, 0) is 53.6 Å². The maximum absolute atomic E-state index is 12.6. The number of rotatable bonds is 8. The van der Waals surface area contributed by atoms with Gasteiger partial charge >= 0.3 is 5.97 Å². The highest BCUT2D eigenvalue weighted by molar-refractivity contribution is 6.35. The molecule has 206 valence electrons. The minimum Gasteiger partial charge on any atom is -0.497 e. The molecule has 4 aromatic carbocycles. The SMILES string of the molecule is COc1ccc(CC(=O)Oc2ccc3c(c2)OC(N)=C(C#N)C3c2cccc(OCc3ccc(Cl)cc3Cl)c2)cc1. The number of benzene rings is 4. The molecule has 1 atom stereocenters. The highest BCUT2D eigenvalue weighted by Crippen LogP contribution is 2.44. The van der Waals surface area contributed by atoms with Crippen LogP contribution in [0.5, 0.6) is 23.0 Å². The molecule has 2 N–H and O–H groups in total. The first-order valence-electron chi connectivity index (χ1n) is 12.6. The number of allylic oxidation sites excluding steroid dienone is 1. The molecular weight excluding hydrogens is 563 g/mol. The molecule has 0 aromatic heterocycles. The third kappa shape index (κ3) is 6.41. The number of halogens is 2. The average Bonchev–Trinajstić information content (AvgIpc) is 2.96. The summed E-state index contributed by atoms with van der Waals surface area (Å²) in [5, 5.41) is 11.0. The molecule has 0 amide bonds. The van der Waals surface area contributed by atoms with Crippen molar-refractivity contribution < 1.29 is 23.7 Å². The number of esters is 1. The van der Waals surface area contributed by atoms with Gasteiger partial charge in [-0.3, -0.25) is 4.79 Å². The zero-order valence-corrected chi connectivity index (χ0v) is 23.4. The Morgan fingerprint density at radius 2 is 1.76 bits per heavy atom. The number of hydrogen-bond donors (Lipinski definition) is 1. The standard InChI is InChI=1S/C32H24Cl2N2O5/c1-38-23-9-5-19(6-10-23)13-30(37)40-25-11-12-26-29(16-25)41-32(36)27(17-35)31(26)20-3-2-4-24(14-20)39-18-21-7-8-22(33)15-28(21)34/h2-12,14-16,31H,13,18,36H2,1H3. The van der Waals surface area contributed by atoms with Gasteiger partial charge in [0.25, 0.3) is 0 Å². The van der Waals surface area contributed by atoms with E-state index in [-0.39, 0.29) is 24.5 Å². The van der Waals surface area contributed by atoms with Crippen LogP contribution in [0.25, 0.3) is 0 Å². The molecule has 0 saturated carbocycles. The van der Waals surface area contributed by atoms with Gasteiger partial charge in [-0.15, -0.1) is 0 Å². The van der Waals surface area contributed by atoms with Crippen LogP contribution >= 0.6 is 23.2 Å². The van der Waals surface area contributed by atoms with Gasteiger partial charge in [0.05, 0.1) is 19.4 Å². The smallest absolute Gasteiger partial charge is 0.315 e. The van der Waals surface area contributed by atoms with Gasteiger partial charge in [-0.25, -0.2) is 0 Å². The molecule has 0 saturated heterocycles. The molecule has 7 nitrogen and oxygen atoms in total. The highest BCUT2D eigenvalue weighted by atomic mass is 35.5. The molecule has 0 aliphatic carbocycles. The molecule has 1 aliphatic heterocycles. The number of hydrogen-bond acceptors (Lipinski definition) is 7. The fraction of sp³-hybridized carbons (Fsp3) is 0.125. The average molecular weight is 587 g/mol. The Morgan fingerprint density at radius 1 is 0.976 bits per heavy atom. The number of nitriles is 1. The van der Waals surface area contributed by atoms with Crippen LogP contribution in [0.2, 0.25) is 10.0 Å². The van der Waals surface area contributed by atoms with E-state index in [2.05, 4.69) is 6.07 Å². The van der Waals surface area contributed by atoms with E-state index in [9.17, 15) is 10.1 Å². The monoisotopic (exact) mass is 586 g/mol. The second-order valence-electron chi connectivity index (χ2n) is 9.22. The Labute approximate surface area is 247 Å². The number of nitrogens with two attached hydrogens (primary N) is 1. The summed E-state index contributed by atoms with van der Waals surface area (Å²) in [6.45, 7) is 0.234. The number of fused-ring (bicyclic) bond motifs is 1. The zero-order chi connectivity index (χ0) is 28.9. The first-order chi connectivity index (χ1) is 19.8. The third-order valence-corrected chi connectivity index (χ3v) is 7.12. The largest absolute Gasteiger partial charge is 0.497 e. The van der Waals surface area contributed by atoms with Crippen molar-refractivity contribution in [3.05, 3.63) is 129 Å². The summed E-state index contributed by atoms with van der Waals surface area (Å²) in [4.78, 5) is 12.6. The van der Waals surface area contributed by atoms with Crippen LogP contribution in [-0.2, 0) is 17.8 Å². The van der Waals surface area contributed by atoms with Gasteiger partial charge in [0.2, 0.25) is 5.88 Å². The normalized spacial score (nSPS) is 14.0. The second kappa shape index (κ2) is 12.3. The van der Waals surface area contributed by atoms with E-state index in [0.29, 0.717) is 38.6 Å². The zero-order valence-electron chi connectivity index (χ0n) is 21.9. The molecule has 1 heterocycles. The quantitative estimate of drug-likeness (QED) is 0.176. The highest BCUT2D eigenvalue weighted by Gasteiger charge is 2.31. The molecule has 1 aliphatic rings. The molecule has 9 heteroatoms. The van der Waals surface area contributed by atoms with E-state index < -0.39 is 11.9 Å². The number of nitrogens with zero attached hydrogens (tertiary/aromatic N) is 1. The van der Waals surface area contributed by atoms with Gasteiger partial charge < -0.3 is 24.7 Å². The summed E-state index contributed by atoms with van der Waals surface area (Å²) in [6, 6.07) is 27.0. The lowest BCUT2D eigenvalue weighted by Gasteiger charge is -2.27. The molecule has 0 spiro atoms. The summed E-state index contributed by atoms with van der Waals surface area (Å²) in [5.74, 6) is 0.998. The van der Waals surface area contributed by atoms with Crippen molar-refractivity contribution in [2.75, 3.05) is 7.11 Å². The van der Waals surface area contributed by atoms with Crippen LogP contribution in [0.1, 0.15) is 28.2 Å². The second-order valence-corrected chi connectivity index (χ2v) is 10.1. The molecule has 4 aromatic rings. The first-order valence-corrected chi connectivity index (χ1v) is 13.3. The minimum atomic E-state index is -0.518. The molecule has 1 unspecified atom stereocenters. The molecule has 41 heavy (non-hydrogen) atoms. The summed E-state index contributed by atoms with van der Waals surface area (Å²) in [6.07, 6.45) is 0.0825. The fourth-order valence-electron chi connectivity index (χ4n) is 4.50. The van der Waals surface area contributed by atoms with Crippen LogP contribution in [-0.4, -0.2) is 13.1 Å². The summed E-state index contributed by atoms with van der Waals surface area (Å²) in [5.41, 5.74) is 9.48. The molecule has 5 rings (SSSR count). The van der Waals surface area contributed by atoms with E-state index in [1.807, 2.05) is 30.3 Å². The predicted molar refractivity (Wildman–Crippen MR) is 155 cm³/mol. The molecular formula is C32H24Cl2N2O5. The van der Waals surface area contributed by atoms with E-state index in [4.69, 9.17) is 47.9 Å². The first kappa shape index (κ1) is 27.9. The van der Waals surface area contributed by atoms with Crippen LogP contribution in [0.4, 0.5) is 0 Å². The topological polar surface area (TPSA) is 104 Å². The lowest BCUT2D eigenvalue weighted by atomic mass is 9.83. The third-order valence-electron chi connectivity index (χ3n) is 6.53. The summed E-state index contributed by atoms with van der Waals surface area (Å²) < 4.78 is 22.5. The van der Waals surface area contributed by atoms with Gasteiger partial charge in [-0.2, -0.15) is 5.26 Å². The van der Waals surface area contributed by atoms with E-state index >= 15 is 0 Å². The molecule has 0 bridgehead atoms. The van der Waals surface area contributed by atoms with Gasteiger partial charge in [-0.1, -0.05) is 59.6 Å². The van der Waals surface area contributed by atoms with Crippen molar-refractivity contribution in [2.45, 2.75) is 18.9 Å². The van der Waals surface area contributed by atoms with Crippen LogP contribution in [0.3, 0.4) is 0 Å². The maximum Gasteiger partial charge on any atom is 0.315 e. The van der Waals surface area contributed by atoms with Crippen LogP contribution in [0, 0.1) is 11.3 Å². The van der Waals surface area contributed by atoms with E-state index in [1.165, 1.54) is 0 Å². The Kier molecular flexibility index (Phi) is 8.34. The Bertz CT molecular complexity index is 1680. The van der Waals surface area contributed by atoms with Gasteiger partial charge in [0.1, 0.15) is 41.2 Å². The summed E-state index contributed by atoms with van der Waals surface area (Å²) >= 11 is 12.3. The molecule has 0 radical (unpaired) electrons. The van der Waals surface area contributed by atoms with Gasteiger partial charge in [0.15, 0.2) is 0 Å². The Balaban J connectivity index is 1.36. The van der Waals surface area contributed by atoms with Crippen molar-refractivity contribution in [2.24, 2.45) is 5.73 Å². The maximum atomic E-state index is 12.6. The molecule has 0 fully saturated rings. The van der Waals surface area contributed by atoms with Gasteiger partial charge in [0, 0.05) is 27.2 Å². The van der Waals surface area contributed by atoms with Crippen molar-refractivity contribution in [3.8, 4) is 29.1 Å². The summed E-state index contributed by atoms with van der Waals surface area (Å²) in [7, 11) is 1.58. The number of ether oxygens (including phenoxy) is 4. The van der Waals surface area contributed by atoms with E-state index in [1.54, 1.807) is 61.7 Å². The predicted octanol–water partition coefficient (Wildman–Crippen LogP) is 6.95. The van der Waals surface area contributed by atoms with Crippen molar-refractivity contribution in [1.29, 1.82) is 5.26 Å². The van der Waals surface area contributed by atoms with E-state index in [0.717, 1.165) is 16.7 Å². The van der Waals surface area contributed by atoms with Crippen molar-refractivity contribution in [3.63, 3.8) is 0 Å². The van der Waals surface area contributed by atoms with Crippen LogP contribution in [0.15, 0.2) is 96.4 Å². The minimum absolute atomic E-state index is 0.0222. The van der Waals surface area contributed by atoms with Crippen LogP contribution < -0.4 is 24.7 Å². The number of methoxy groups -OCH3 is 1. The lowest BCUT2D eigenvalue weighted by molar-refractivity contribution is -0.133.